The van der Waals surface area contributed by atoms with E-state index in [1.54, 1.807) is 41.3 Å². The number of primary amides is 1. The summed E-state index contributed by atoms with van der Waals surface area (Å²) < 4.78 is 1.43. The Hall–Kier alpha value is -4.77. The number of hydrogen-bond acceptors (Lipinski definition) is 6. The van der Waals surface area contributed by atoms with Gasteiger partial charge in [0.05, 0.1) is 11.9 Å². The molecule has 6 rings (SSSR count). The van der Waals surface area contributed by atoms with Crippen LogP contribution >= 0.6 is 11.6 Å². The summed E-state index contributed by atoms with van der Waals surface area (Å²) in [4.78, 5) is 57.9. The number of benzene rings is 2. The van der Waals surface area contributed by atoms with Gasteiger partial charge >= 0.3 is 0 Å². The highest BCUT2D eigenvalue weighted by Crippen LogP contribution is 2.43. The molecule has 2 aromatic carbocycles. The number of carbonyl (C=O) groups excluding carboxylic acids is 4. The number of halogens is 1. The van der Waals surface area contributed by atoms with E-state index in [1.807, 2.05) is 31.2 Å². The molecule has 0 spiro atoms. The summed E-state index contributed by atoms with van der Waals surface area (Å²) in [6.45, 7) is 1.76. The fourth-order valence-electron chi connectivity index (χ4n) is 6.32. The number of nitrogens with two attached hydrogens (primary N) is 1. The van der Waals surface area contributed by atoms with Gasteiger partial charge in [-0.2, -0.15) is 5.10 Å². The molecule has 3 heterocycles. The number of amides is 4. The van der Waals surface area contributed by atoms with Crippen molar-refractivity contribution in [3.63, 3.8) is 0 Å². The quantitative estimate of drug-likeness (QED) is 0.263. The number of rotatable bonds is 8. The van der Waals surface area contributed by atoms with E-state index in [-0.39, 0.29) is 53.5 Å². The van der Waals surface area contributed by atoms with Crippen LogP contribution in [0.5, 0.6) is 0 Å². The van der Waals surface area contributed by atoms with Crippen molar-refractivity contribution >= 4 is 57.6 Å². The van der Waals surface area contributed by atoms with Gasteiger partial charge in [0.15, 0.2) is 5.69 Å². The summed E-state index contributed by atoms with van der Waals surface area (Å²) in [7, 11) is 0. The van der Waals surface area contributed by atoms with Crippen molar-refractivity contribution in [3.8, 4) is 0 Å². The lowest BCUT2D eigenvalue weighted by Crippen LogP contribution is -2.52. The van der Waals surface area contributed by atoms with Gasteiger partial charge in [0.1, 0.15) is 23.6 Å². The third-order valence-electron chi connectivity index (χ3n) is 8.27. The van der Waals surface area contributed by atoms with E-state index in [4.69, 9.17) is 17.3 Å². The number of piperidine rings is 1. The first-order valence-electron chi connectivity index (χ1n) is 14.1. The second-order valence-electron chi connectivity index (χ2n) is 11.1. The second-order valence-corrected chi connectivity index (χ2v) is 11.4. The predicted molar refractivity (Wildman–Crippen MR) is 161 cm³/mol. The molecule has 12 heteroatoms. The van der Waals surface area contributed by atoms with Crippen LogP contribution in [-0.4, -0.2) is 55.4 Å². The van der Waals surface area contributed by atoms with E-state index in [0.717, 1.165) is 30.4 Å². The van der Waals surface area contributed by atoms with Gasteiger partial charge in [0.25, 0.3) is 5.91 Å². The summed E-state index contributed by atoms with van der Waals surface area (Å²) in [6, 6.07) is 16.9. The Morgan fingerprint density at radius 1 is 1.02 bits per heavy atom. The van der Waals surface area contributed by atoms with Gasteiger partial charge in [-0.15, -0.1) is 0 Å². The topological polar surface area (TPSA) is 152 Å². The summed E-state index contributed by atoms with van der Waals surface area (Å²) >= 11 is 5.98. The fourth-order valence-corrected chi connectivity index (χ4v) is 6.48. The van der Waals surface area contributed by atoms with Crippen LogP contribution in [0.4, 0.5) is 11.5 Å². The molecule has 2 aliphatic rings. The SMILES string of the molecule is Cc1ccccc1CC(=O)Nc1ccc2c(c1)c(C(N)=O)nn2CC(=O)N1[C@@H]2CC[C@@H](C2)[C@H]1C(=O)Nc1cccc(Cl)n1. The standard InChI is InChI=1S/C31H30ClN7O4/c1-17-5-2-3-6-18(17)14-26(40)34-20-10-12-23-22(15-20)28(30(33)42)37-38(23)16-27(41)39-21-11-9-19(13-21)29(39)31(43)36-25-8-4-7-24(32)35-25/h2-8,10,12,15,19,21,29H,9,11,13-14,16H2,1H3,(H2,33,42)(H,34,40)(H,35,36,43)/t19-,21+,29-/m0/s1. The Morgan fingerprint density at radius 3 is 2.60 bits per heavy atom. The zero-order chi connectivity index (χ0) is 30.2. The van der Waals surface area contributed by atoms with Gasteiger partial charge in [-0.1, -0.05) is 41.9 Å². The number of aromatic nitrogens is 3. The number of nitrogens with zero attached hydrogens (tertiary/aromatic N) is 4. The molecule has 1 aliphatic heterocycles. The zero-order valence-electron chi connectivity index (χ0n) is 23.4. The molecule has 43 heavy (non-hydrogen) atoms. The van der Waals surface area contributed by atoms with Gasteiger partial charge in [0.2, 0.25) is 17.7 Å². The molecule has 2 bridgehead atoms. The lowest BCUT2D eigenvalue weighted by atomic mass is 9.97. The van der Waals surface area contributed by atoms with Crippen LogP contribution in [0, 0.1) is 12.8 Å². The van der Waals surface area contributed by atoms with E-state index >= 15 is 0 Å². The minimum Gasteiger partial charge on any atom is -0.364 e. The van der Waals surface area contributed by atoms with Gasteiger partial charge in [-0.05, 0) is 73.6 Å². The number of anilines is 2. The van der Waals surface area contributed by atoms with Gasteiger partial charge in [0, 0.05) is 17.1 Å². The van der Waals surface area contributed by atoms with Crippen molar-refractivity contribution in [1.29, 1.82) is 0 Å². The van der Waals surface area contributed by atoms with Crippen LogP contribution in [0.2, 0.25) is 5.15 Å². The molecular formula is C31H30ClN7O4. The van der Waals surface area contributed by atoms with Crippen molar-refractivity contribution in [2.24, 2.45) is 11.7 Å². The van der Waals surface area contributed by atoms with Crippen molar-refractivity contribution in [1.82, 2.24) is 19.7 Å². The second kappa shape index (κ2) is 11.5. The predicted octanol–water partition coefficient (Wildman–Crippen LogP) is 3.69. The molecule has 3 atom stereocenters. The molecule has 220 valence electrons. The van der Waals surface area contributed by atoms with E-state index in [0.29, 0.717) is 22.4 Å². The summed E-state index contributed by atoms with van der Waals surface area (Å²) in [5.74, 6) is -1.22. The molecule has 1 saturated carbocycles. The lowest BCUT2D eigenvalue weighted by Gasteiger charge is -2.34. The largest absolute Gasteiger partial charge is 0.364 e. The maximum atomic E-state index is 13.7. The molecule has 2 aromatic heterocycles. The number of carbonyl (C=O) groups is 4. The number of aryl methyl sites for hydroxylation is 1. The minimum absolute atomic E-state index is 0.0120. The van der Waals surface area contributed by atoms with Gasteiger partial charge in [-0.3, -0.25) is 23.9 Å². The van der Waals surface area contributed by atoms with Crippen LogP contribution in [-0.2, 0) is 27.3 Å². The molecular weight excluding hydrogens is 570 g/mol. The van der Waals surface area contributed by atoms with Crippen LogP contribution in [0.15, 0.2) is 60.7 Å². The Balaban J connectivity index is 1.22. The molecule has 0 radical (unpaired) electrons. The van der Waals surface area contributed by atoms with Crippen molar-refractivity contribution in [2.45, 2.75) is 51.2 Å². The summed E-state index contributed by atoms with van der Waals surface area (Å²) in [5.41, 5.74) is 8.54. The average Bonchev–Trinajstić information content (AvgIpc) is 3.68. The van der Waals surface area contributed by atoms with Gasteiger partial charge in [-0.25, -0.2) is 4.98 Å². The highest BCUT2D eigenvalue weighted by molar-refractivity contribution is 6.29. The fraction of sp³-hybridized carbons (Fsp3) is 0.290. The molecule has 4 aromatic rings. The van der Waals surface area contributed by atoms with Crippen molar-refractivity contribution < 1.29 is 19.2 Å². The van der Waals surface area contributed by atoms with Crippen LogP contribution in [0.25, 0.3) is 10.9 Å². The van der Waals surface area contributed by atoms with E-state index in [1.165, 1.54) is 4.68 Å². The number of fused-ring (bicyclic) bond motifs is 3. The maximum Gasteiger partial charge on any atom is 0.269 e. The first kappa shape index (κ1) is 28.4. The van der Waals surface area contributed by atoms with Crippen LogP contribution in [0.3, 0.4) is 0 Å². The third kappa shape index (κ3) is 5.68. The maximum absolute atomic E-state index is 13.7. The Bertz CT molecular complexity index is 1770. The molecule has 1 aliphatic carbocycles. The lowest BCUT2D eigenvalue weighted by molar-refractivity contribution is -0.141. The smallest absolute Gasteiger partial charge is 0.269 e. The zero-order valence-corrected chi connectivity index (χ0v) is 24.2. The summed E-state index contributed by atoms with van der Waals surface area (Å²) in [5, 5.41) is 10.7. The van der Waals surface area contributed by atoms with E-state index < -0.39 is 11.9 Å². The monoisotopic (exact) mass is 599 g/mol. The van der Waals surface area contributed by atoms with Crippen molar-refractivity contribution in [2.75, 3.05) is 10.6 Å². The number of likely N-dealkylation sites (tertiary alicyclic amines) is 1. The molecule has 4 amide bonds. The molecule has 0 unspecified atom stereocenters. The number of pyridine rings is 1. The Morgan fingerprint density at radius 2 is 1.84 bits per heavy atom. The van der Waals surface area contributed by atoms with Gasteiger partial charge < -0.3 is 21.3 Å². The molecule has 1 saturated heterocycles. The Kier molecular flexibility index (Phi) is 7.57. The summed E-state index contributed by atoms with van der Waals surface area (Å²) in [6.07, 6.45) is 2.60. The van der Waals surface area contributed by atoms with E-state index in [9.17, 15) is 19.2 Å². The van der Waals surface area contributed by atoms with Crippen LogP contribution < -0.4 is 16.4 Å². The average molecular weight is 600 g/mol. The van der Waals surface area contributed by atoms with E-state index in [2.05, 4.69) is 20.7 Å². The van der Waals surface area contributed by atoms with Crippen LogP contribution in [0.1, 0.15) is 40.9 Å². The molecule has 4 N–H and O–H groups in total. The minimum atomic E-state index is -0.758. The highest BCUT2D eigenvalue weighted by atomic mass is 35.5. The third-order valence-corrected chi connectivity index (χ3v) is 8.48. The normalized spacial score (nSPS) is 19.0. The number of hydrogen-bond donors (Lipinski definition) is 3. The first-order valence-corrected chi connectivity index (χ1v) is 14.4. The molecule has 11 nitrogen and oxygen atoms in total. The highest BCUT2D eigenvalue weighted by Gasteiger charge is 2.51. The van der Waals surface area contributed by atoms with Crippen molar-refractivity contribution in [3.05, 3.63) is 82.6 Å². The molecule has 2 fully saturated rings. The number of nitrogens with one attached hydrogen (secondary N) is 2. The Labute approximate surface area is 252 Å². The first-order chi connectivity index (χ1) is 20.7.